The number of methoxy groups -OCH3 is 2. The first kappa shape index (κ1) is 24.8. The number of nitrogens with one attached hydrogen (secondary N) is 1. The molecule has 0 saturated heterocycles. The molecule has 0 aliphatic rings. The zero-order chi connectivity index (χ0) is 24.1. The first-order valence-electron chi connectivity index (χ1n) is 9.96. The lowest BCUT2D eigenvalue weighted by Gasteiger charge is -2.29. The topological polar surface area (TPSA) is 117 Å². The van der Waals surface area contributed by atoms with E-state index < -0.39 is 40.2 Å². The summed E-state index contributed by atoms with van der Waals surface area (Å²) in [6.07, 6.45) is -0.738. The number of ether oxygens (including phenoxy) is 3. The number of nitro groups is 1. The second-order valence-electron chi connectivity index (χ2n) is 8.10. The van der Waals surface area contributed by atoms with Crippen LogP contribution in [0.4, 0.5) is 5.69 Å². The Morgan fingerprint density at radius 3 is 2.31 bits per heavy atom. The maximum atomic E-state index is 12.9. The summed E-state index contributed by atoms with van der Waals surface area (Å²) in [7, 11) is 2.69. The van der Waals surface area contributed by atoms with Gasteiger partial charge in [0, 0.05) is 11.6 Å². The van der Waals surface area contributed by atoms with Gasteiger partial charge >= 0.3 is 5.97 Å². The molecule has 0 heterocycles. The number of rotatable bonds is 8. The van der Waals surface area contributed by atoms with E-state index in [2.05, 4.69) is 5.32 Å². The molecule has 0 aromatic heterocycles. The Morgan fingerprint density at radius 2 is 1.75 bits per heavy atom. The predicted octanol–water partition coefficient (Wildman–Crippen LogP) is 3.75. The third kappa shape index (κ3) is 6.04. The zero-order valence-electron chi connectivity index (χ0n) is 19.0. The van der Waals surface area contributed by atoms with Crippen LogP contribution in [0.1, 0.15) is 38.1 Å². The smallest absolute Gasteiger partial charge is 0.331 e. The second kappa shape index (κ2) is 10.2. The molecule has 0 fully saturated rings. The number of carbonyl (C=O) groups is 2. The van der Waals surface area contributed by atoms with Gasteiger partial charge in [-0.2, -0.15) is 0 Å². The fourth-order valence-corrected chi connectivity index (χ4v) is 3.26. The number of amides is 1. The summed E-state index contributed by atoms with van der Waals surface area (Å²) < 4.78 is 15.9. The van der Waals surface area contributed by atoms with Gasteiger partial charge in [0.2, 0.25) is 0 Å². The van der Waals surface area contributed by atoms with E-state index >= 15 is 0 Å². The van der Waals surface area contributed by atoms with Crippen LogP contribution in [0.2, 0.25) is 0 Å². The van der Waals surface area contributed by atoms with Gasteiger partial charge in [-0.05, 0) is 45.4 Å². The van der Waals surface area contributed by atoms with Crippen molar-refractivity contribution in [1.29, 1.82) is 0 Å². The summed E-state index contributed by atoms with van der Waals surface area (Å²) in [6.45, 7) is 7.04. The van der Waals surface area contributed by atoms with Gasteiger partial charge in [0.15, 0.2) is 6.04 Å². The molecule has 1 amide bonds. The lowest BCUT2D eigenvalue weighted by molar-refractivity contribution is -0.385. The molecule has 9 nitrogen and oxygen atoms in total. The van der Waals surface area contributed by atoms with Crippen LogP contribution in [0.3, 0.4) is 0 Å². The highest BCUT2D eigenvalue weighted by Gasteiger charge is 2.33. The molecular formula is C23H28N2O7. The monoisotopic (exact) mass is 444 g/mol. The lowest BCUT2D eigenvalue weighted by Crippen LogP contribution is -2.51. The Morgan fingerprint density at radius 1 is 1.09 bits per heavy atom. The van der Waals surface area contributed by atoms with Crippen LogP contribution in [0.15, 0.2) is 42.5 Å². The molecule has 2 aromatic rings. The summed E-state index contributed by atoms with van der Waals surface area (Å²) in [5, 5.41) is 14.3. The van der Waals surface area contributed by atoms with E-state index in [1.807, 2.05) is 0 Å². The van der Waals surface area contributed by atoms with Crippen LogP contribution < -0.4 is 10.1 Å². The molecule has 9 heteroatoms. The Kier molecular flexibility index (Phi) is 7.93. The van der Waals surface area contributed by atoms with Crippen molar-refractivity contribution >= 4 is 17.6 Å². The standard InChI is InChI=1S/C23H28N2O7/c1-14(32-23(2,3)4)20(22(27)31-6)24-21(26)17-12-11-15(13-18(17)25(28)29)16-9-7-8-10-19(16)30-5/h7-14,20H,1-6H3,(H,24,26)/t14-,20+/m1/s1. The molecule has 32 heavy (non-hydrogen) atoms. The molecule has 172 valence electrons. The van der Waals surface area contributed by atoms with E-state index in [1.165, 1.54) is 26.4 Å². The quantitative estimate of drug-likeness (QED) is 0.374. The average Bonchev–Trinajstić information content (AvgIpc) is 2.74. The molecule has 0 unspecified atom stereocenters. The summed E-state index contributed by atoms with van der Waals surface area (Å²) >= 11 is 0. The summed E-state index contributed by atoms with van der Waals surface area (Å²) in [6, 6.07) is 10.1. The first-order chi connectivity index (χ1) is 15.0. The van der Waals surface area contributed by atoms with Crippen molar-refractivity contribution in [3.05, 3.63) is 58.1 Å². The van der Waals surface area contributed by atoms with Gasteiger partial charge in [-0.3, -0.25) is 14.9 Å². The first-order valence-corrected chi connectivity index (χ1v) is 9.96. The van der Waals surface area contributed by atoms with Crippen LogP contribution in [-0.4, -0.2) is 48.8 Å². The van der Waals surface area contributed by atoms with Gasteiger partial charge in [-0.25, -0.2) is 4.79 Å². The number of benzene rings is 2. The van der Waals surface area contributed by atoms with Crippen molar-refractivity contribution in [1.82, 2.24) is 5.32 Å². The fourth-order valence-electron chi connectivity index (χ4n) is 3.26. The predicted molar refractivity (Wildman–Crippen MR) is 119 cm³/mol. The number of nitrogens with zero attached hydrogens (tertiary/aromatic N) is 1. The molecule has 2 rings (SSSR count). The number of hydrogen-bond donors (Lipinski definition) is 1. The van der Waals surface area contributed by atoms with Crippen molar-refractivity contribution in [2.75, 3.05) is 14.2 Å². The third-order valence-corrected chi connectivity index (χ3v) is 4.61. The molecule has 0 aliphatic carbocycles. The van der Waals surface area contributed by atoms with Crippen molar-refractivity contribution in [3.63, 3.8) is 0 Å². The molecule has 0 aliphatic heterocycles. The van der Waals surface area contributed by atoms with Crippen LogP contribution in [0.25, 0.3) is 11.1 Å². The number of nitro benzene ring substituents is 1. The molecule has 0 spiro atoms. The van der Waals surface area contributed by atoms with E-state index in [9.17, 15) is 19.7 Å². The number of esters is 1. The Hall–Kier alpha value is -3.46. The van der Waals surface area contributed by atoms with Gasteiger partial charge in [-0.1, -0.05) is 24.3 Å². The van der Waals surface area contributed by atoms with Gasteiger partial charge in [0.05, 0.1) is 30.8 Å². The van der Waals surface area contributed by atoms with Crippen molar-refractivity contribution in [3.8, 4) is 16.9 Å². The SMILES string of the molecule is COC(=O)[C@@H](NC(=O)c1ccc(-c2ccccc2OC)cc1[N+](=O)[O-])[C@@H](C)OC(C)(C)C. The normalized spacial score (nSPS) is 13.1. The van der Waals surface area contributed by atoms with Crippen LogP contribution in [-0.2, 0) is 14.3 Å². The fraction of sp³-hybridized carbons (Fsp3) is 0.391. The Bertz CT molecular complexity index is 998. The van der Waals surface area contributed by atoms with E-state index in [-0.39, 0.29) is 5.56 Å². The van der Waals surface area contributed by atoms with E-state index in [0.717, 1.165) is 0 Å². The number of hydrogen-bond acceptors (Lipinski definition) is 7. The summed E-state index contributed by atoms with van der Waals surface area (Å²) in [5.41, 5.74) is -0.0208. The molecule has 0 bridgehead atoms. The van der Waals surface area contributed by atoms with Gasteiger partial charge in [0.1, 0.15) is 11.3 Å². The molecule has 2 aromatic carbocycles. The molecule has 2 atom stereocenters. The Balaban J connectivity index is 2.41. The molecule has 1 N–H and O–H groups in total. The maximum Gasteiger partial charge on any atom is 0.331 e. The number of carbonyl (C=O) groups excluding carboxylic acids is 2. The van der Waals surface area contributed by atoms with Crippen molar-refractivity contribution in [2.45, 2.75) is 45.4 Å². The Labute approximate surface area is 186 Å². The molecule has 0 saturated carbocycles. The summed E-state index contributed by atoms with van der Waals surface area (Å²) in [5.74, 6) is -0.968. The average molecular weight is 444 g/mol. The van der Waals surface area contributed by atoms with Crippen LogP contribution in [0, 0.1) is 10.1 Å². The van der Waals surface area contributed by atoms with Gasteiger partial charge in [0.25, 0.3) is 11.6 Å². The van der Waals surface area contributed by atoms with Gasteiger partial charge in [-0.15, -0.1) is 0 Å². The molecule has 0 radical (unpaired) electrons. The number of para-hydroxylation sites is 1. The zero-order valence-corrected chi connectivity index (χ0v) is 19.0. The highest BCUT2D eigenvalue weighted by atomic mass is 16.6. The lowest BCUT2D eigenvalue weighted by atomic mass is 10.0. The highest BCUT2D eigenvalue weighted by Crippen LogP contribution is 2.33. The second-order valence-corrected chi connectivity index (χ2v) is 8.10. The largest absolute Gasteiger partial charge is 0.496 e. The minimum atomic E-state index is -1.15. The minimum Gasteiger partial charge on any atom is -0.496 e. The molecular weight excluding hydrogens is 416 g/mol. The van der Waals surface area contributed by atoms with Crippen LogP contribution in [0.5, 0.6) is 5.75 Å². The van der Waals surface area contributed by atoms with E-state index in [4.69, 9.17) is 14.2 Å². The van der Waals surface area contributed by atoms with E-state index in [0.29, 0.717) is 16.9 Å². The maximum absolute atomic E-state index is 12.9. The third-order valence-electron chi connectivity index (χ3n) is 4.61. The van der Waals surface area contributed by atoms with Gasteiger partial charge < -0.3 is 19.5 Å². The van der Waals surface area contributed by atoms with Crippen LogP contribution >= 0.6 is 0 Å². The minimum absolute atomic E-state index is 0.189. The van der Waals surface area contributed by atoms with Crippen molar-refractivity contribution in [2.24, 2.45) is 0 Å². The van der Waals surface area contributed by atoms with Crippen molar-refractivity contribution < 1.29 is 28.7 Å². The summed E-state index contributed by atoms with van der Waals surface area (Å²) in [4.78, 5) is 36.3. The van der Waals surface area contributed by atoms with E-state index in [1.54, 1.807) is 58.0 Å². The highest BCUT2D eigenvalue weighted by molar-refractivity contribution is 6.01.